The third kappa shape index (κ3) is 2.73. The lowest BCUT2D eigenvalue weighted by Crippen LogP contribution is -2.38. The molecule has 5 rings (SSSR count). The van der Waals surface area contributed by atoms with Gasteiger partial charge in [0.05, 0.1) is 0 Å². The summed E-state index contributed by atoms with van der Waals surface area (Å²) in [6.45, 7) is 4.80. The van der Waals surface area contributed by atoms with Crippen LogP contribution in [0.5, 0.6) is 0 Å². The Morgan fingerprint density at radius 1 is 1.12 bits per heavy atom. The maximum absolute atomic E-state index is 3.49. The van der Waals surface area contributed by atoms with Gasteiger partial charge in [0.25, 0.3) is 0 Å². The number of hydrogen-bond acceptors (Lipinski definition) is 3. The van der Waals surface area contributed by atoms with E-state index in [2.05, 4.69) is 51.9 Å². The second kappa shape index (κ2) is 6.29. The van der Waals surface area contributed by atoms with Crippen LogP contribution in [0.1, 0.15) is 45.3 Å². The lowest BCUT2D eigenvalue weighted by Gasteiger charge is -2.40. The van der Waals surface area contributed by atoms with Crippen LogP contribution in [0.3, 0.4) is 0 Å². The molecule has 2 nitrogen and oxygen atoms in total. The molecule has 1 aromatic carbocycles. The first-order valence-electron chi connectivity index (χ1n) is 9.50. The molecule has 0 bridgehead atoms. The molecule has 0 spiro atoms. The van der Waals surface area contributed by atoms with Crippen LogP contribution < -0.4 is 5.32 Å². The van der Waals surface area contributed by atoms with Gasteiger partial charge in [-0.3, -0.25) is 4.90 Å². The Hall–Kier alpha value is -1.16. The van der Waals surface area contributed by atoms with Gasteiger partial charge in [0.15, 0.2) is 0 Å². The second-order valence-corrected chi connectivity index (χ2v) is 8.92. The maximum Gasteiger partial charge on any atom is 0.0403 e. The summed E-state index contributed by atoms with van der Waals surface area (Å²) < 4.78 is 0. The fourth-order valence-electron chi connectivity index (χ4n) is 4.81. The van der Waals surface area contributed by atoms with E-state index >= 15 is 0 Å². The van der Waals surface area contributed by atoms with Gasteiger partial charge in [0.1, 0.15) is 0 Å². The fraction of sp³-hybridized carbons (Fsp3) is 0.524. The smallest absolute Gasteiger partial charge is 0.0403 e. The zero-order valence-electron chi connectivity index (χ0n) is 14.3. The summed E-state index contributed by atoms with van der Waals surface area (Å²) >= 11 is 2.12. The molecule has 1 aromatic heterocycles. The zero-order valence-corrected chi connectivity index (χ0v) is 15.1. The van der Waals surface area contributed by atoms with Crippen molar-refractivity contribution in [2.45, 2.75) is 44.7 Å². The molecular formula is C21H26N2S. The van der Waals surface area contributed by atoms with Gasteiger partial charge < -0.3 is 5.32 Å². The Morgan fingerprint density at radius 2 is 1.96 bits per heavy atom. The van der Waals surface area contributed by atoms with Gasteiger partial charge in [-0.15, -0.1) is 11.3 Å². The number of rotatable bonds is 2. The molecule has 0 aliphatic carbocycles. The average Bonchev–Trinajstić information content (AvgIpc) is 3.04. The molecule has 0 amide bonds. The van der Waals surface area contributed by atoms with Crippen molar-refractivity contribution in [2.24, 2.45) is 5.92 Å². The van der Waals surface area contributed by atoms with Gasteiger partial charge in [0, 0.05) is 28.9 Å². The lowest BCUT2D eigenvalue weighted by molar-refractivity contribution is 0.162. The van der Waals surface area contributed by atoms with Crippen LogP contribution in [-0.4, -0.2) is 24.5 Å². The SMILES string of the molecule is c1ccc2c(c1)CC1c3cc(CC4CCNCC4)sc3CCN1C2. The Labute approximate surface area is 148 Å². The summed E-state index contributed by atoms with van der Waals surface area (Å²) in [4.78, 5) is 6.04. The average molecular weight is 339 g/mol. The summed E-state index contributed by atoms with van der Waals surface area (Å²) in [5.41, 5.74) is 4.77. The minimum Gasteiger partial charge on any atom is -0.317 e. The first-order chi connectivity index (χ1) is 11.9. The topological polar surface area (TPSA) is 15.3 Å². The number of nitrogens with zero attached hydrogens (tertiary/aromatic N) is 1. The summed E-state index contributed by atoms with van der Waals surface area (Å²) in [6, 6.07) is 12.2. The Morgan fingerprint density at radius 3 is 2.83 bits per heavy atom. The largest absolute Gasteiger partial charge is 0.317 e. The van der Waals surface area contributed by atoms with Crippen LogP contribution in [0.4, 0.5) is 0 Å². The molecule has 0 saturated carbocycles. The normalized spacial score (nSPS) is 24.2. The molecule has 126 valence electrons. The van der Waals surface area contributed by atoms with Crippen LogP contribution in [-0.2, 0) is 25.8 Å². The molecule has 1 saturated heterocycles. The van der Waals surface area contributed by atoms with E-state index in [1.165, 1.54) is 51.7 Å². The Bertz CT molecular complexity index is 729. The number of piperidine rings is 1. The standard InChI is InChI=1S/C21H26N2S/c1-2-4-17-14-23-10-7-21-19(20(23)12-16(17)3-1)13-18(24-21)11-15-5-8-22-9-6-15/h1-4,13,15,20,22H,5-12,14H2. The van der Waals surface area contributed by atoms with Gasteiger partial charge in [-0.05, 0) is 73.9 Å². The van der Waals surface area contributed by atoms with Gasteiger partial charge in [-0.1, -0.05) is 24.3 Å². The van der Waals surface area contributed by atoms with Crippen LogP contribution in [0.15, 0.2) is 30.3 Å². The van der Waals surface area contributed by atoms with Gasteiger partial charge in [-0.2, -0.15) is 0 Å². The summed E-state index contributed by atoms with van der Waals surface area (Å²) in [6.07, 6.45) is 6.47. The molecule has 1 fully saturated rings. The number of thiophene rings is 1. The first-order valence-corrected chi connectivity index (χ1v) is 10.3. The van der Waals surface area contributed by atoms with Gasteiger partial charge in [0.2, 0.25) is 0 Å². The van der Waals surface area contributed by atoms with Crippen LogP contribution in [0.25, 0.3) is 0 Å². The van der Waals surface area contributed by atoms with Crippen molar-refractivity contribution < 1.29 is 0 Å². The highest BCUT2D eigenvalue weighted by molar-refractivity contribution is 7.12. The fourth-order valence-corrected chi connectivity index (χ4v) is 6.14. The molecule has 4 heterocycles. The van der Waals surface area contributed by atoms with Crippen LogP contribution in [0.2, 0.25) is 0 Å². The lowest BCUT2D eigenvalue weighted by atomic mass is 9.87. The highest BCUT2D eigenvalue weighted by atomic mass is 32.1. The Kier molecular flexibility index (Phi) is 3.96. The zero-order chi connectivity index (χ0) is 15.9. The minimum atomic E-state index is 0.627. The molecule has 2 aromatic rings. The molecule has 3 aliphatic heterocycles. The summed E-state index contributed by atoms with van der Waals surface area (Å²) in [5, 5.41) is 3.49. The summed E-state index contributed by atoms with van der Waals surface area (Å²) in [5.74, 6) is 0.898. The highest BCUT2D eigenvalue weighted by Gasteiger charge is 2.33. The van der Waals surface area contributed by atoms with Crippen molar-refractivity contribution in [1.29, 1.82) is 0 Å². The quantitative estimate of drug-likeness (QED) is 0.892. The minimum absolute atomic E-state index is 0.627. The Balaban J connectivity index is 1.40. The predicted octanol–water partition coefficient (Wildman–Crippen LogP) is 3.95. The number of nitrogens with one attached hydrogen (secondary N) is 1. The molecule has 0 radical (unpaired) electrons. The van der Waals surface area contributed by atoms with Crippen molar-refractivity contribution in [3.05, 3.63) is 56.8 Å². The molecule has 1 N–H and O–H groups in total. The van der Waals surface area contributed by atoms with E-state index in [1.54, 1.807) is 26.4 Å². The molecular weight excluding hydrogens is 312 g/mol. The van der Waals surface area contributed by atoms with Crippen molar-refractivity contribution in [1.82, 2.24) is 10.2 Å². The number of fused-ring (bicyclic) bond motifs is 4. The van der Waals surface area contributed by atoms with E-state index in [4.69, 9.17) is 0 Å². The second-order valence-electron chi connectivity index (χ2n) is 7.70. The van der Waals surface area contributed by atoms with Crippen LogP contribution in [0, 0.1) is 5.92 Å². The molecule has 1 unspecified atom stereocenters. The third-order valence-electron chi connectivity index (χ3n) is 6.17. The molecule has 1 atom stereocenters. The monoisotopic (exact) mass is 338 g/mol. The van der Waals surface area contributed by atoms with Gasteiger partial charge in [-0.25, -0.2) is 0 Å². The molecule has 3 aliphatic rings. The van der Waals surface area contributed by atoms with Gasteiger partial charge >= 0.3 is 0 Å². The van der Waals surface area contributed by atoms with E-state index in [0.717, 1.165) is 12.5 Å². The van der Waals surface area contributed by atoms with Crippen molar-refractivity contribution in [3.63, 3.8) is 0 Å². The van der Waals surface area contributed by atoms with E-state index in [-0.39, 0.29) is 0 Å². The highest BCUT2D eigenvalue weighted by Crippen LogP contribution is 2.41. The number of hydrogen-bond donors (Lipinski definition) is 1. The van der Waals surface area contributed by atoms with Crippen molar-refractivity contribution in [3.8, 4) is 0 Å². The van der Waals surface area contributed by atoms with E-state index in [1.807, 2.05) is 0 Å². The maximum atomic E-state index is 3.49. The van der Waals surface area contributed by atoms with E-state index < -0.39 is 0 Å². The first kappa shape index (κ1) is 15.1. The van der Waals surface area contributed by atoms with Crippen molar-refractivity contribution in [2.75, 3.05) is 19.6 Å². The predicted molar refractivity (Wildman–Crippen MR) is 101 cm³/mol. The van der Waals surface area contributed by atoms with Crippen molar-refractivity contribution >= 4 is 11.3 Å². The molecule has 3 heteroatoms. The third-order valence-corrected chi connectivity index (χ3v) is 7.41. The molecule has 24 heavy (non-hydrogen) atoms. The number of benzene rings is 1. The van der Waals surface area contributed by atoms with E-state index in [0.29, 0.717) is 6.04 Å². The summed E-state index contributed by atoms with van der Waals surface area (Å²) in [7, 11) is 0. The van der Waals surface area contributed by atoms with E-state index in [9.17, 15) is 0 Å². The van der Waals surface area contributed by atoms with Crippen LogP contribution >= 0.6 is 11.3 Å².